The summed E-state index contributed by atoms with van der Waals surface area (Å²) in [5.41, 5.74) is 1.01. The Balaban J connectivity index is 1.66. The third-order valence-electron chi connectivity index (χ3n) is 2.92. The van der Waals surface area contributed by atoms with Crippen molar-refractivity contribution < 1.29 is 9.21 Å². The number of furan rings is 1. The summed E-state index contributed by atoms with van der Waals surface area (Å²) < 4.78 is 5.21. The van der Waals surface area contributed by atoms with Gasteiger partial charge in [0.2, 0.25) is 5.95 Å². The quantitative estimate of drug-likeness (QED) is 0.756. The lowest BCUT2D eigenvalue weighted by Gasteiger charge is -2.06. The van der Waals surface area contributed by atoms with Gasteiger partial charge in [0.15, 0.2) is 0 Å². The van der Waals surface area contributed by atoms with Crippen LogP contribution >= 0.6 is 0 Å². The molecule has 3 rings (SSSR count). The van der Waals surface area contributed by atoms with Gasteiger partial charge in [-0.3, -0.25) is 4.79 Å². The summed E-state index contributed by atoms with van der Waals surface area (Å²) in [6.45, 7) is 0.455. The van der Waals surface area contributed by atoms with E-state index in [0.29, 0.717) is 18.2 Å². The third-order valence-corrected chi connectivity index (χ3v) is 2.92. The number of hydrogen-bond donors (Lipinski definition) is 2. The van der Waals surface area contributed by atoms with Crippen LogP contribution < -0.4 is 10.6 Å². The van der Waals surface area contributed by atoms with Crippen LogP contribution in [0.25, 0.3) is 0 Å². The van der Waals surface area contributed by atoms with Crippen molar-refractivity contribution in [3.8, 4) is 0 Å². The molecule has 1 aromatic carbocycles. The number of aromatic nitrogens is 2. The molecular formula is C16H14N4O2. The Morgan fingerprint density at radius 2 is 1.95 bits per heavy atom. The van der Waals surface area contributed by atoms with Crippen LogP contribution in [-0.2, 0) is 6.54 Å². The standard InChI is InChI=1S/C16H14N4O2/c21-15(19-12-5-2-1-3-6-12)14-8-9-17-16(20-14)18-11-13-7-4-10-22-13/h1-10H,11H2,(H,19,21)(H,17,18,20). The van der Waals surface area contributed by atoms with Gasteiger partial charge in [0.25, 0.3) is 5.91 Å². The van der Waals surface area contributed by atoms with Gasteiger partial charge in [-0.05, 0) is 30.3 Å². The van der Waals surface area contributed by atoms with E-state index in [4.69, 9.17) is 4.42 Å². The molecule has 2 aromatic heterocycles. The van der Waals surface area contributed by atoms with E-state index in [1.165, 1.54) is 6.20 Å². The van der Waals surface area contributed by atoms with Gasteiger partial charge in [0.05, 0.1) is 12.8 Å². The highest BCUT2D eigenvalue weighted by Gasteiger charge is 2.09. The van der Waals surface area contributed by atoms with Gasteiger partial charge in [-0.1, -0.05) is 18.2 Å². The molecule has 110 valence electrons. The number of carbonyl (C=O) groups excluding carboxylic acids is 1. The van der Waals surface area contributed by atoms with Gasteiger partial charge in [0.1, 0.15) is 11.5 Å². The van der Waals surface area contributed by atoms with Crippen molar-refractivity contribution in [3.05, 3.63) is 72.4 Å². The van der Waals surface area contributed by atoms with Crippen LogP contribution in [-0.4, -0.2) is 15.9 Å². The molecule has 0 aliphatic carbocycles. The number of para-hydroxylation sites is 1. The summed E-state index contributed by atoms with van der Waals surface area (Å²) >= 11 is 0. The van der Waals surface area contributed by atoms with E-state index < -0.39 is 0 Å². The molecule has 22 heavy (non-hydrogen) atoms. The van der Waals surface area contributed by atoms with Gasteiger partial charge < -0.3 is 15.1 Å². The molecule has 0 saturated carbocycles. The summed E-state index contributed by atoms with van der Waals surface area (Å²) in [6.07, 6.45) is 3.14. The molecule has 0 aliphatic rings. The van der Waals surface area contributed by atoms with Gasteiger partial charge in [-0.15, -0.1) is 0 Å². The molecular weight excluding hydrogens is 280 g/mol. The maximum Gasteiger partial charge on any atom is 0.274 e. The van der Waals surface area contributed by atoms with Crippen LogP contribution in [0.15, 0.2) is 65.4 Å². The van der Waals surface area contributed by atoms with E-state index in [-0.39, 0.29) is 5.91 Å². The molecule has 0 spiro atoms. The molecule has 0 radical (unpaired) electrons. The third kappa shape index (κ3) is 3.49. The first-order chi connectivity index (χ1) is 10.8. The second kappa shape index (κ2) is 6.53. The van der Waals surface area contributed by atoms with Crippen molar-refractivity contribution in [1.82, 2.24) is 9.97 Å². The van der Waals surface area contributed by atoms with Gasteiger partial charge in [0, 0.05) is 11.9 Å². The van der Waals surface area contributed by atoms with E-state index in [0.717, 1.165) is 11.4 Å². The lowest BCUT2D eigenvalue weighted by molar-refractivity contribution is 0.102. The summed E-state index contributed by atoms with van der Waals surface area (Å²) in [4.78, 5) is 20.4. The number of nitrogens with zero attached hydrogens (tertiary/aromatic N) is 2. The van der Waals surface area contributed by atoms with Crippen molar-refractivity contribution in [3.63, 3.8) is 0 Å². The van der Waals surface area contributed by atoms with Crippen molar-refractivity contribution >= 4 is 17.5 Å². The summed E-state index contributed by atoms with van der Waals surface area (Å²) in [7, 11) is 0. The van der Waals surface area contributed by atoms with Gasteiger partial charge in [-0.2, -0.15) is 0 Å². The van der Waals surface area contributed by atoms with Crippen LogP contribution in [0.1, 0.15) is 16.2 Å². The number of benzene rings is 1. The Hall–Kier alpha value is -3.15. The minimum atomic E-state index is -0.283. The van der Waals surface area contributed by atoms with Gasteiger partial charge in [-0.25, -0.2) is 9.97 Å². The second-order valence-electron chi connectivity index (χ2n) is 4.52. The van der Waals surface area contributed by atoms with Crippen LogP contribution in [0.3, 0.4) is 0 Å². The van der Waals surface area contributed by atoms with E-state index in [1.54, 1.807) is 12.3 Å². The molecule has 0 unspecified atom stereocenters. The predicted octanol–water partition coefficient (Wildman–Crippen LogP) is 2.93. The lowest BCUT2D eigenvalue weighted by atomic mass is 10.3. The van der Waals surface area contributed by atoms with Crippen molar-refractivity contribution in [2.24, 2.45) is 0 Å². The minimum Gasteiger partial charge on any atom is -0.467 e. The van der Waals surface area contributed by atoms with E-state index in [1.807, 2.05) is 42.5 Å². The maximum absolute atomic E-state index is 12.2. The van der Waals surface area contributed by atoms with E-state index in [2.05, 4.69) is 20.6 Å². The molecule has 6 nitrogen and oxygen atoms in total. The highest BCUT2D eigenvalue weighted by Crippen LogP contribution is 2.09. The molecule has 0 saturated heterocycles. The summed E-state index contributed by atoms with van der Waals surface area (Å²) in [6, 6.07) is 14.4. The Kier molecular flexibility index (Phi) is 4.10. The first-order valence-electron chi connectivity index (χ1n) is 6.77. The van der Waals surface area contributed by atoms with Crippen molar-refractivity contribution in [1.29, 1.82) is 0 Å². The van der Waals surface area contributed by atoms with E-state index in [9.17, 15) is 4.79 Å². The average Bonchev–Trinajstić information content (AvgIpc) is 3.08. The summed E-state index contributed by atoms with van der Waals surface area (Å²) in [5.74, 6) is 0.856. The zero-order valence-electron chi connectivity index (χ0n) is 11.7. The van der Waals surface area contributed by atoms with Crippen molar-refractivity contribution in [2.75, 3.05) is 10.6 Å². The Morgan fingerprint density at radius 3 is 2.73 bits per heavy atom. The van der Waals surface area contributed by atoms with Crippen LogP contribution in [0.2, 0.25) is 0 Å². The highest BCUT2D eigenvalue weighted by molar-refractivity contribution is 6.02. The maximum atomic E-state index is 12.2. The molecule has 0 aliphatic heterocycles. The normalized spacial score (nSPS) is 10.2. The number of carbonyl (C=O) groups is 1. The average molecular weight is 294 g/mol. The van der Waals surface area contributed by atoms with E-state index >= 15 is 0 Å². The number of rotatable bonds is 5. The van der Waals surface area contributed by atoms with Crippen LogP contribution in [0.5, 0.6) is 0 Å². The SMILES string of the molecule is O=C(Nc1ccccc1)c1ccnc(NCc2ccco2)n1. The summed E-state index contributed by atoms with van der Waals surface area (Å²) in [5, 5.41) is 5.79. The molecule has 0 bridgehead atoms. The Labute approximate surface area is 127 Å². The van der Waals surface area contributed by atoms with Crippen LogP contribution in [0, 0.1) is 0 Å². The van der Waals surface area contributed by atoms with Crippen LogP contribution in [0.4, 0.5) is 11.6 Å². The molecule has 6 heteroatoms. The molecule has 0 atom stereocenters. The fraction of sp³-hybridized carbons (Fsp3) is 0.0625. The topological polar surface area (TPSA) is 80.0 Å². The fourth-order valence-corrected chi connectivity index (χ4v) is 1.87. The molecule has 1 amide bonds. The smallest absolute Gasteiger partial charge is 0.274 e. The molecule has 3 aromatic rings. The number of nitrogens with one attached hydrogen (secondary N) is 2. The number of anilines is 2. The Bertz CT molecular complexity index is 742. The van der Waals surface area contributed by atoms with Crippen molar-refractivity contribution in [2.45, 2.75) is 6.54 Å². The molecule has 0 fully saturated rings. The van der Waals surface area contributed by atoms with Gasteiger partial charge >= 0.3 is 0 Å². The number of amides is 1. The largest absolute Gasteiger partial charge is 0.467 e. The number of hydrogen-bond acceptors (Lipinski definition) is 5. The predicted molar refractivity (Wildman–Crippen MR) is 82.5 cm³/mol. The fourth-order valence-electron chi connectivity index (χ4n) is 1.87. The molecule has 2 N–H and O–H groups in total. The monoisotopic (exact) mass is 294 g/mol. The minimum absolute atomic E-state index is 0.283. The Morgan fingerprint density at radius 1 is 1.09 bits per heavy atom. The second-order valence-corrected chi connectivity index (χ2v) is 4.52. The first kappa shape index (κ1) is 13.8. The lowest BCUT2D eigenvalue weighted by Crippen LogP contribution is -2.15. The molecule has 2 heterocycles. The highest BCUT2D eigenvalue weighted by atomic mass is 16.3. The zero-order chi connectivity index (χ0) is 15.2. The zero-order valence-corrected chi connectivity index (χ0v) is 11.7. The first-order valence-corrected chi connectivity index (χ1v) is 6.77.